The molecule has 2 N–H and O–H groups in total. The molecule has 2 rings (SSSR count). The first-order valence-electron chi connectivity index (χ1n) is 5.12. The molecule has 0 aromatic heterocycles. The number of rotatable bonds is 3. The predicted octanol–water partition coefficient (Wildman–Crippen LogP) is 3.92. The zero-order chi connectivity index (χ0) is 13.1. The fourth-order valence-corrected chi connectivity index (χ4v) is 1.64. The lowest BCUT2D eigenvalue weighted by Gasteiger charge is -2.09. The van der Waals surface area contributed by atoms with Gasteiger partial charge in [-0.1, -0.05) is 23.7 Å². The first-order chi connectivity index (χ1) is 8.58. The normalized spacial score (nSPS) is 10.1. The summed E-state index contributed by atoms with van der Waals surface area (Å²) in [5.74, 6) is -1.66. The zero-order valence-electron chi connectivity index (χ0n) is 9.15. The molecule has 0 heterocycles. The van der Waals surface area contributed by atoms with Crippen LogP contribution in [0, 0.1) is 5.82 Å². The number of halogens is 2. The van der Waals surface area contributed by atoms with Crippen LogP contribution < -0.4 is 5.32 Å². The number of hydrogen-bond donors (Lipinski definition) is 2. The highest BCUT2D eigenvalue weighted by atomic mass is 35.5. The summed E-state index contributed by atoms with van der Waals surface area (Å²) in [6, 6.07) is 10.3. The maximum atomic E-state index is 13.6. The maximum absolute atomic E-state index is 13.6. The van der Waals surface area contributed by atoms with Gasteiger partial charge >= 0.3 is 5.97 Å². The van der Waals surface area contributed by atoms with E-state index in [0.29, 0.717) is 10.7 Å². The molecule has 0 saturated heterocycles. The number of anilines is 2. The molecule has 0 spiro atoms. The Morgan fingerprint density at radius 3 is 2.56 bits per heavy atom. The maximum Gasteiger partial charge on any atom is 0.335 e. The van der Waals surface area contributed by atoms with Gasteiger partial charge in [-0.15, -0.1) is 0 Å². The Kier molecular flexibility index (Phi) is 3.48. The third kappa shape index (κ3) is 2.60. The molecular weight excluding hydrogens is 257 g/mol. The monoisotopic (exact) mass is 265 g/mol. The van der Waals surface area contributed by atoms with Crippen LogP contribution in [0.25, 0.3) is 0 Å². The third-order valence-corrected chi connectivity index (χ3v) is 2.69. The van der Waals surface area contributed by atoms with Gasteiger partial charge in [0.15, 0.2) is 0 Å². The summed E-state index contributed by atoms with van der Waals surface area (Å²) >= 11 is 5.93. The van der Waals surface area contributed by atoms with Crippen molar-refractivity contribution >= 4 is 28.9 Å². The highest BCUT2D eigenvalue weighted by Crippen LogP contribution is 2.26. The van der Waals surface area contributed by atoms with Crippen LogP contribution in [0.4, 0.5) is 15.8 Å². The Morgan fingerprint density at radius 2 is 1.89 bits per heavy atom. The molecule has 0 atom stereocenters. The largest absolute Gasteiger partial charge is 0.478 e. The smallest absolute Gasteiger partial charge is 0.335 e. The molecule has 0 bridgehead atoms. The van der Waals surface area contributed by atoms with Gasteiger partial charge in [0.2, 0.25) is 0 Å². The average Bonchev–Trinajstić information content (AvgIpc) is 2.34. The molecule has 0 unspecified atom stereocenters. The molecule has 0 amide bonds. The van der Waals surface area contributed by atoms with Gasteiger partial charge in [0.05, 0.1) is 22.0 Å². The van der Waals surface area contributed by atoms with E-state index in [0.717, 1.165) is 6.07 Å². The molecule has 0 aliphatic heterocycles. The molecule has 5 heteroatoms. The van der Waals surface area contributed by atoms with Crippen molar-refractivity contribution in [2.24, 2.45) is 0 Å². The zero-order valence-corrected chi connectivity index (χ0v) is 9.91. The number of carboxylic acids is 1. The van der Waals surface area contributed by atoms with E-state index in [1.54, 1.807) is 24.3 Å². The van der Waals surface area contributed by atoms with Crippen LogP contribution in [0.15, 0.2) is 42.5 Å². The number of aromatic carboxylic acids is 1. The topological polar surface area (TPSA) is 49.3 Å². The van der Waals surface area contributed by atoms with E-state index in [4.69, 9.17) is 16.7 Å². The summed E-state index contributed by atoms with van der Waals surface area (Å²) in [7, 11) is 0. The van der Waals surface area contributed by atoms with Gasteiger partial charge in [-0.05, 0) is 30.3 Å². The third-order valence-electron chi connectivity index (χ3n) is 2.36. The second kappa shape index (κ2) is 5.06. The highest BCUT2D eigenvalue weighted by molar-refractivity contribution is 6.33. The molecule has 2 aromatic rings. The number of carboxylic acid groups (broad SMARTS) is 1. The van der Waals surface area contributed by atoms with E-state index in [-0.39, 0.29) is 11.3 Å². The molecule has 0 fully saturated rings. The van der Waals surface area contributed by atoms with E-state index in [9.17, 15) is 9.18 Å². The van der Waals surface area contributed by atoms with E-state index in [1.165, 1.54) is 12.1 Å². The van der Waals surface area contributed by atoms with Crippen molar-refractivity contribution in [1.82, 2.24) is 0 Å². The van der Waals surface area contributed by atoms with Crippen LogP contribution in [0.2, 0.25) is 5.02 Å². The minimum Gasteiger partial charge on any atom is -0.478 e. The van der Waals surface area contributed by atoms with Crippen molar-refractivity contribution in [1.29, 1.82) is 0 Å². The summed E-state index contributed by atoms with van der Waals surface area (Å²) < 4.78 is 13.6. The number of nitrogens with one attached hydrogen (secondary N) is 1. The number of hydrogen-bond acceptors (Lipinski definition) is 2. The van der Waals surface area contributed by atoms with E-state index in [2.05, 4.69) is 5.32 Å². The van der Waals surface area contributed by atoms with Crippen molar-refractivity contribution in [3.63, 3.8) is 0 Å². The standard InChI is InChI=1S/C13H9ClFNO2/c14-9-3-1-2-4-11(9)16-12-7-8(13(17)18)5-6-10(12)15/h1-7,16H,(H,17,18). The van der Waals surface area contributed by atoms with Crippen LogP contribution in [-0.4, -0.2) is 11.1 Å². The van der Waals surface area contributed by atoms with Gasteiger partial charge in [0.1, 0.15) is 5.82 Å². The van der Waals surface area contributed by atoms with Crippen molar-refractivity contribution in [2.45, 2.75) is 0 Å². The second-order valence-electron chi connectivity index (χ2n) is 3.60. The SMILES string of the molecule is O=C(O)c1ccc(F)c(Nc2ccccc2Cl)c1. The van der Waals surface area contributed by atoms with Gasteiger partial charge in [-0.25, -0.2) is 9.18 Å². The number of carbonyl (C=O) groups is 1. The first-order valence-corrected chi connectivity index (χ1v) is 5.50. The van der Waals surface area contributed by atoms with Crippen LogP contribution in [0.1, 0.15) is 10.4 Å². The van der Waals surface area contributed by atoms with Gasteiger partial charge in [0, 0.05) is 0 Å². The van der Waals surface area contributed by atoms with E-state index < -0.39 is 11.8 Å². The molecule has 18 heavy (non-hydrogen) atoms. The summed E-state index contributed by atoms with van der Waals surface area (Å²) in [5, 5.41) is 12.0. The van der Waals surface area contributed by atoms with E-state index >= 15 is 0 Å². The van der Waals surface area contributed by atoms with Crippen molar-refractivity contribution in [3.05, 3.63) is 58.9 Å². The van der Waals surface area contributed by atoms with Crippen LogP contribution in [0.3, 0.4) is 0 Å². The fraction of sp³-hybridized carbons (Fsp3) is 0. The summed E-state index contributed by atoms with van der Waals surface area (Å²) in [4.78, 5) is 10.8. The lowest BCUT2D eigenvalue weighted by Crippen LogP contribution is -2.00. The fourth-order valence-electron chi connectivity index (χ4n) is 1.46. The Bertz CT molecular complexity index is 601. The molecule has 0 saturated carbocycles. The van der Waals surface area contributed by atoms with Crippen molar-refractivity contribution in [3.8, 4) is 0 Å². The quantitative estimate of drug-likeness (QED) is 0.884. The van der Waals surface area contributed by atoms with Crippen molar-refractivity contribution in [2.75, 3.05) is 5.32 Å². The number of benzene rings is 2. The van der Waals surface area contributed by atoms with Gasteiger partial charge in [0.25, 0.3) is 0 Å². The molecule has 0 radical (unpaired) electrons. The summed E-state index contributed by atoms with van der Waals surface area (Å²) in [6.45, 7) is 0. The second-order valence-corrected chi connectivity index (χ2v) is 4.01. The minimum atomic E-state index is -1.11. The Labute approximate surface area is 108 Å². The number of para-hydroxylation sites is 1. The Hall–Kier alpha value is -2.07. The average molecular weight is 266 g/mol. The molecule has 2 aromatic carbocycles. The van der Waals surface area contributed by atoms with Crippen LogP contribution >= 0.6 is 11.6 Å². The summed E-state index contributed by atoms with van der Waals surface area (Å²) in [6.07, 6.45) is 0. The van der Waals surface area contributed by atoms with Crippen molar-refractivity contribution < 1.29 is 14.3 Å². The molecule has 0 aliphatic carbocycles. The highest BCUT2D eigenvalue weighted by Gasteiger charge is 2.09. The Morgan fingerprint density at radius 1 is 1.17 bits per heavy atom. The van der Waals surface area contributed by atoms with Gasteiger partial charge in [-0.2, -0.15) is 0 Å². The molecule has 92 valence electrons. The molecular formula is C13H9ClFNO2. The summed E-state index contributed by atoms with van der Waals surface area (Å²) in [5.41, 5.74) is 0.592. The first kappa shape index (κ1) is 12.4. The predicted molar refractivity (Wildman–Crippen MR) is 68.1 cm³/mol. The van der Waals surface area contributed by atoms with Crippen LogP contribution in [-0.2, 0) is 0 Å². The molecule has 0 aliphatic rings. The Balaban J connectivity index is 2.37. The van der Waals surface area contributed by atoms with Crippen LogP contribution in [0.5, 0.6) is 0 Å². The molecule has 3 nitrogen and oxygen atoms in total. The van der Waals surface area contributed by atoms with E-state index in [1.807, 2.05) is 0 Å². The lowest BCUT2D eigenvalue weighted by atomic mass is 10.2. The van der Waals surface area contributed by atoms with Gasteiger partial charge in [-0.3, -0.25) is 0 Å². The van der Waals surface area contributed by atoms with Gasteiger partial charge < -0.3 is 10.4 Å². The lowest BCUT2D eigenvalue weighted by molar-refractivity contribution is 0.0697. The minimum absolute atomic E-state index is 0.00551.